The molecule has 0 atom stereocenters. The lowest BCUT2D eigenvalue weighted by molar-refractivity contribution is -0.146. The largest absolute Gasteiger partial charge is 0.493 e. The molecule has 0 bridgehead atoms. The molecule has 0 N–H and O–H groups in total. The van der Waals surface area contributed by atoms with Crippen LogP contribution in [0, 0.1) is 0 Å². The van der Waals surface area contributed by atoms with Crippen molar-refractivity contribution in [1.82, 2.24) is 0 Å². The number of hydrogen-bond acceptors (Lipinski definition) is 6. The molecule has 0 saturated carbocycles. The van der Waals surface area contributed by atoms with Gasteiger partial charge < -0.3 is 18.9 Å². The zero-order valence-corrected chi connectivity index (χ0v) is 15.2. The van der Waals surface area contributed by atoms with E-state index in [1.165, 1.54) is 13.2 Å². The molecule has 0 radical (unpaired) electrons. The maximum Gasteiger partial charge on any atom is 0.344 e. The van der Waals surface area contributed by atoms with Crippen LogP contribution >= 0.6 is 15.9 Å². The zero-order chi connectivity index (χ0) is 18.1. The molecule has 25 heavy (non-hydrogen) atoms. The molecule has 6 nitrogen and oxygen atoms in total. The van der Waals surface area contributed by atoms with E-state index in [0.29, 0.717) is 29.1 Å². The van der Waals surface area contributed by atoms with Crippen LogP contribution < -0.4 is 14.2 Å². The molecule has 0 aliphatic rings. The molecule has 7 heteroatoms. The fraction of sp³-hybridized carbons (Fsp3) is 0.222. The van der Waals surface area contributed by atoms with Crippen LogP contribution in [0.4, 0.5) is 0 Å². The molecular weight excluding hydrogens is 392 g/mol. The summed E-state index contributed by atoms with van der Waals surface area (Å²) >= 11 is 3.34. The summed E-state index contributed by atoms with van der Waals surface area (Å²) in [4.78, 5) is 22.4. The number of hydrogen-bond donors (Lipinski definition) is 0. The Labute approximate surface area is 153 Å². The third-order valence-corrected chi connectivity index (χ3v) is 3.63. The average Bonchev–Trinajstić information content (AvgIpc) is 2.64. The van der Waals surface area contributed by atoms with Gasteiger partial charge in [-0.15, -0.1) is 0 Å². The van der Waals surface area contributed by atoms with Crippen molar-refractivity contribution < 1.29 is 28.5 Å². The number of ether oxygens (including phenoxy) is 4. The van der Waals surface area contributed by atoms with Gasteiger partial charge in [0, 0.05) is 10.0 Å². The fourth-order valence-electron chi connectivity index (χ4n) is 1.90. The van der Waals surface area contributed by atoms with Gasteiger partial charge in [-0.05, 0) is 42.5 Å². The van der Waals surface area contributed by atoms with Crippen molar-refractivity contribution in [1.29, 1.82) is 0 Å². The molecule has 0 unspecified atom stereocenters. The van der Waals surface area contributed by atoms with Gasteiger partial charge in [0.1, 0.15) is 25.2 Å². The Hall–Kier alpha value is -2.54. The van der Waals surface area contributed by atoms with Gasteiger partial charge in [0.15, 0.2) is 18.1 Å². The lowest BCUT2D eigenvalue weighted by Gasteiger charge is -2.11. The summed E-state index contributed by atoms with van der Waals surface area (Å²) in [6.45, 7) is 0.0826. The highest BCUT2D eigenvalue weighted by molar-refractivity contribution is 9.10. The summed E-state index contributed by atoms with van der Waals surface area (Å²) < 4.78 is 21.9. The van der Waals surface area contributed by atoms with E-state index in [1.54, 1.807) is 12.1 Å². The van der Waals surface area contributed by atoms with Gasteiger partial charge in [-0.2, -0.15) is 0 Å². The minimum Gasteiger partial charge on any atom is -0.493 e. The highest BCUT2D eigenvalue weighted by Crippen LogP contribution is 2.27. The maximum absolute atomic E-state index is 11.7. The van der Waals surface area contributed by atoms with E-state index >= 15 is 0 Å². The molecule has 0 saturated heterocycles. The Morgan fingerprint density at radius 3 is 2.48 bits per heavy atom. The molecule has 0 aliphatic heterocycles. The summed E-state index contributed by atoms with van der Waals surface area (Å²) in [5.74, 6) is 0.892. The van der Waals surface area contributed by atoms with E-state index in [2.05, 4.69) is 15.9 Å². The average molecular weight is 409 g/mol. The number of rotatable bonds is 9. The van der Waals surface area contributed by atoms with Crippen LogP contribution in [-0.2, 0) is 9.53 Å². The second-order valence-electron chi connectivity index (χ2n) is 4.84. The van der Waals surface area contributed by atoms with E-state index < -0.39 is 5.97 Å². The van der Waals surface area contributed by atoms with Gasteiger partial charge in [0.2, 0.25) is 0 Å². The minimum absolute atomic E-state index is 0.111. The summed E-state index contributed by atoms with van der Waals surface area (Å²) in [5.41, 5.74) is 0.455. The number of halogens is 1. The summed E-state index contributed by atoms with van der Waals surface area (Å²) in [7, 11) is 1.45. The van der Waals surface area contributed by atoms with Crippen LogP contribution in [-0.4, -0.2) is 39.2 Å². The SMILES string of the molecule is COc1cc(C=O)ccc1OCC(=O)OCCOc1ccc(Br)cc1. The van der Waals surface area contributed by atoms with Crippen LogP contribution in [0.5, 0.6) is 17.2 Å². The Bertz CT molecular complexity index is 714. The summed E-state index contributed by atoms with van der Waals surface area (Å²) in [6.07, 6.45) is 0.700. The highest BCUT2D eigenvalue weighted by Gasteiger charge is 2.09. The van der Waals surface area contributed by atoms with Crippen molar-refractivity contribution >= 4 is 28.2 Å². The molecule has 2 aromatic carbocycles. The smallest absolute Gasteiger partial charge is 0.344 e. The molecule has 0 amide bonds. The van der Waals surface area contributed by atoms with E-state index in [0.717, 1.165) is 4.47 Å². The van der Waals surface area contributed by atoms with Gasteiger partial charge in [0.05, 0.1) is 7.11 Å². The van der Waals surface area contributed by atoms with Crippen LogP contribution in [0.25, 0.3) is 0 Å². The first kappa shape index (κ1) is 18.8. The molecule has 2 rings (SSSR count). The first-order valence-corrected chi connectivity index (χ1v) is 8.21. The van der Waals surface area contributed by atoms with Crippen molar-refractivity contribution in [2.24, 2.45) is 0 Å². The number of benzene rings is 2. The van der Waals surface area contributed by atoms with Gasteiger partial charge in [-0.3, -0.25) is 4.79 Å². The summed E-state index contributed by atoms with van der Waals surface area (Å²) in [6, 6.07) is 12.0. The molecule has 0 fully saturated rings. The third kappa shape index (κ3) is 6.11. The molecule has 132 valence electrons. The van der Waals surface area contributed by atoms with Crippen molar-refractivity contribution in [3.63, 3.8) is 0 Å². The lowest BCUT2D eigenvalue weighted by atomic mass is 10.2. The minimum atomic E-state index is -0.527. The Kier molecular flexibility index (Phi) is 7.28. The Morgan fingerprint density at radius 2 is 1.80 bits per heavy atom. The molecule has 0 spiro atoms. The second-order valence-corrected chi connectivity index (χ2v) is 5.76. The maximum atomic E-state index is 11.7. The van der Waals surface area contributed by atoms with Crippen LogP contribution in [0.2, 0.25) is 0 Å². The first-order chi connectivity index (χ1) is 12.1. The highest BCUT2D eigenvalue weighted by atomic mass is 79.9. The van der Waals surface area contributed by atoms with Crippen molar-refractivity contribution in [3.8, 4) is 17.2 Å². The Morgan fingerprint density at radius 1 is 1.04 bits per heavy atom. The molecule has 0 aromatic heterocycles. The first-order valence-electron chi connectivity index (χ1n) is 7.42. The number of esters is 1. The van der Waals surface area contributed by atoms with E-state index in [9.17, 15) is 9.59 Å². The van der Waals surface area contributed by atoms with Gasteiger partial charge >= 0.3 is 5.97 Å². The van der Waals surface area contributed by atoms with E-state index in [4.69, 9.17) is 18.9 Å². The van der Waals surface area contributed by atoms with Gasteiger partial charge in [0.25, 0.3) is 0 Å². The molecular formula is C18H17BrO6. The normalized spacial score (nSPS) is 10.0. The molecule has 2 aromatic rings. The van der Waals surface area contributed by atoms with Crippen LogP contribution in [0.3, 0.4) is 0 Å². The standard InChI is InChI=1S/C18H17BrO6/c1-22-17-10-13(11-20)2-7-16(17)25-12-18(21)24-9-8-23-15-5-3-14(19)4-6-15/h2-7,10-11H,8-9,12H2,1H3. The number of aldehydes is 1. The third-order valence-electron chi connectivity index (χ3n) is 3.10. The lowest BCUT2D eigenvalue weighted by Crippen LogP contribution is -2.18. The fourth-order valence-corrected chi connectivity index (χ4v) is 2.17. The van der Waals surface area contributed by atoms with Gasteiger partial charge in [-0.1, -0.05) is 15.9 Å². The van der Waals surface area contributed by atoms with Crippen molar-refractivity contribution in [2.45, 2.75) is 0 Å². The van der Waals surface area contributed by atoms with Crippen molar-refractivity contribution in [3.05, 3.63) is 52.5 Å². The second kappa shape index (κ2) is 9.68. The molecule has 0 heterocycles. The van der Waals surface area contributed by atoms with Crippen molar-refractivity contribution in [2.75, 3.05) is 26.9 Å². The Balaban J connectivity index is 1.72. The van der Waals surface area contributed by atoms with Gasteiger partial charge in [-0.25, -0.2) is 4.79 Å². The zero-order valence-electron chi connectivity index (χ0n) is 13.6. The van der Waals surface area contributed by atoms with E-state index in [1.807, 2.05) is 24.3 Å². The van der Waals surface area contributed by atoms with E-state index in [-0.39, 0.29) is 19.8 Å². The van der Waals surface area contributed by atoms with Crippen LogP contribution in [0.15, 0.2) is 46.9 Å². The summed E-state index contributed by atoms with van der Waals surface area (Å²) in [5, 5.41) is 0. The van der Waals surface area contributed by atoms with Crippen LogP contribution in [0.1, 0.15) is 10.4 Å². The predicted octanol–water partition coefficient (Wildman–Crippen LogP) is 3.27. The molecule has 0 aliphatic carbocycles. The predicted molar refractivity (Wildman–Crippen MR) is 94.5 cm³/mol. The topological polar surface area (TPSA) is 71.1 Å². The quantitative estimate of drug-likeness (QED) is 0.360. The monoisotopic (exact) mass is 408 g/mol. The number of carbonyl (C=O) groups excluding carboxylic acids is 2. The number of carbonyl (C=O) groups is 2. The number of methoxy groups -OCH3 is 1.